The van der Waals surface area contributed by atoms with Crippen LogP contribution in [0.5, 0.6) is 5.75 Å². The van der Waals surface area contributed by atoms with E-state index in [0.29, 0.717) is 29.3 Å². The van der Waals surface area contributed by atoms with Crippen molar-refractivity contribution < 1.29 is 14.6 Å². The predicted octanol–water partition coefficient (Wildman–Crippen LogP) is 3.16. The first kappa shape index (κ1) is 19.6. The lowest BCUT2D eigenvalue weighted by molar-refractivity contribution is -0.137. The van der Waals surface area contributed by atoms with Crippen molar-refractivity contribution in [2.75, 3.05) is 0 Å². The van der Waals surface area contributed by atoms with Gasteiger partial charge >= 0.3 is 6.09 Å². The zero-order valence-electron chi connectivity index (χ0n) is 18.1. The summed E-state index contributed by atoms with van der Waals surface area (Å²) in [5.74, 6) is 2.28. The van der Waals surface area contributed by atoms with Crippen LogP contribution >= 0.6 is 0 Å². The van der Waals surface area contributed by atoms with Crippen molar-refractivity contribution in [1.82, 2.24) is 24.9 Å². The van der Waals surface area contributed by atoms with Gasteiger partial charge in [0.1, 0.15) is 0 Å². The van der Waals surface area contributed by atoms with Gasteiger partial charge in [-0.3, -0.25) is 0 Å². The molecule has 3 unspecified atom stereocenters. The summed E-state index contributed by atoms with van der Waals surface area (Å²) >= 11 is 0. The molecular formula is C22H31N5O3. The van der Waals surface area contributed by atoms with Crippen LogP contribution in [0.2, 0.25) is 0 Å². The van der Waals surface area contributed by atoms with Crippen molar-refractivity contribution in [3.8, 4) is 11.6 Å². The van der Waals surface area contributed by atoms with Gasteiger partial charge in [0, 0.05) is 12.2 Å². The van der Waals surface area contributed by atoms with E-state index < -0.39 is 11.7 Å². The van der Waals surface area contributed by atoms with Crippen molar-refractivity contribution in [3.05, 3.63) is 24.2 Å². The molecule has 4 aliphatic rings. The molecular weight excluding hydrogens is 382 g/mol. The van der Waals surface area contributed by atoms with E-state index >= 15 is 0 Å². The van der Waals surface area contributed by atoms with Gasteiger partial charge in [0.15, 0.2) is 11.6 Å². The van der Waals surface area contributed by atoms with Gasteiger partial charge in [0.2, 0.25) is 0 Å². The molecule has 4 saturated carbocycles. The van der Waals surface area contributed by atoms with Gasteiger partial charge in [0.05, 0.1) is 23.5 Å². The van der Waals surface area contributed by atoms with Crippen LogP contribution in [0.15, 0.2) is 18.6 Å². The van der Waals surface area contributed by atoms with E-state index in [0.717, 1.165) is 37.7 Å². The number of carbonyl (C=O) groups is 1. The van der Waals surface area contributed by atoms with Crippen LogP contribution in [0, 0.1) is 24.7 Å². The number of aromatic nitrogens is 4. The molecule has 5 atom stereocenters. The highest BCUT2D eigenvalue weighted by Crippen LogP contribution is 2.55. The SMILES string of the molecule is Cc1cnn(-c2c(OC(=O)NC3[C@@H]4CC5C[C@H]3CC(O)(C5)C4)cnn2C(C)(C)C)c1. The number of hydrogen-bond acceptors (Lipinski definition) is 5. The number of hydrogen-bond donors (Lipinski definition) is 2. The minimum absolute atomic E-state index is 0.0717. The van der Waals surface area contributed by atoms with Gasteiger partial charge in [-0.25, -0.2) is 14.2 Å². The summed E-state index contributed by atoms with van der Waals surface area (Å²) in [4.78, 5) is 12.9. The third-order valence-corrected chi connectivity index (χ3v) is 7.00. The Morgan fingerprint density at radius 3 is 2.47 bits per heavy atom. The molecule has 162 valence electrons. The molecule has 0 spiro atoms. The monoisotopic (exact) mass is 413 g/mol. The number of amides is 1. The lowest BCUT2D eigenvalue weighted by atomic mass is 9.52. The van der Waals surface area contributed by atoms with E-state index in [4.69, 9.17) is 4.74 Å². The summed E-state index contributed by atoms with van der Waals surface area (Å²) in [6, 6.07) is 0.0717. The second-order valence-electron chi connectivity index (χ2n) is 10.6. The van der Waals surface area contributed by atoms with Crippen molar-refractivity contribution in [2.24, 2.45) is 17.8 Å². The van der Waals surface area contributed by atoms with Crippen LogP contribution in [0.25, 0.3) is 5.82 Å². The summed E-state index contributed by atoms with van der Waals surface area (Å²) in [6.45, 7) is 8.10. The first-order valence-corrected chi connectivity index (χ1v) is 10.9. The minimum Gasteiger partial charge on any atom is -0.405 e. The Balaban J connectivity index is 1.36. The molecule has 0 saturated heterocycles. The highest BCUT2D eigenvalue weighted by molar-refractivity contribution is 5.72. The number of carbonyl (C=O) groups excluding carboxylic acids is 1. The quantitative estimate of drug-likeness (QED) is 0.806. The molecule has 4 bridgehead atoms. The molecule has 4 aliphatic carbocycles. The van der Waals surface area contributed by atoms with Gasteiger partial charge in [-0.05, 0) is 83.1 Å². The zero-order valence-corrected chi connectivity index (χ0v) is 18.1. The summed E-state index contributed by atoms with van der Waals surface area (Å²) in [6.07, 6.45) is 9.44. The summed E-state index contributed by atoms with van der Waals surface area (Å²) in [5, 5.41) is 22.8. The number of rotatable bonds is 3. The van der Waals surface area contributed by atoms with Crippen LogP contribution in [0.1, 0.15) is 58.4 Å². The Bertz CT molecular complexity index is 956. The van der Waals surface area contributed by atoms with Gasteiger partial charge < -0.3 is 15.2 Å². The van der Waals surface area contributed by atoms with E-state index in [1.165, 1.54) is 0 Å². The molecule has 1 amide bonds. The molecule has 2 aromatic rings. The molecule has 0 radical (unpaired) electrons. The Morgan fingerprint density at radius 2 is 1.90 bits per heavy atom. The van der Waals surface area contributed by atoms with Crippen LogP contribution in [0.3, 0.4) is 0 Å². The first-order valence-electron chi connectivity index (χ1n) is 10.9. The summed E-state index contributed by atoms with van der Waals surface area (Å²) < 4.78 is 9.28. The van der Waals surface area contributed by atoms with Crippen molar-refractivity contribution in [2.45, 2.75) is 77.0 Å². The zero-order chi connectivity index (χ0) is 21.3. The van der Waals surface area contributed by atoms with Gasteiger partial charge in [-0.2, -0.15) is 10.2 Å². The minimum atomic E-state index is -0.516. The highest BCUT2D eigenvalue weighted by Gasteiger charge is 2.55. The van der Waals surface area contributed by atoms with Crippen LogP contribution in [0.4, 0.5) is 4.79 Å². The van der Waals surface area contributed by atoms with E-state index in [1.807, 2.05) is 38.6 Å². The Hall–Kier alpha value is -2.35. The summed E-state index contributed by atoms with van der Waals surface area (Å²) in [7, 11) is 0. The lowest BCUT2D eigenvalue weighted by Gasteiger charge is -2.57. The molecule has 2 aromatic heterocycles. The Kier molecular flexibility index (Phi) is 4.29. The van der Waals surface area contributed by atoms with E-state index in [9.17, 15) is 9.90 Å². The maximum Gasteiger partial charge on any atom is 0.413 e. The Labute approximate surface area is 176 Å². The molecule has 0 aromatic carbocycles. The number of nitrogens with one attached hydrogen (secondary N) is 1. The smallest absolute Gasteiger partial charge is 0.405 e. The maximum absolute atomic E-state index is 12.9. The molecule has 6 rings (SSSR count). The third kappa shape index (κ3) is 3.31. The number of nitrogens with zero attached hydrogens (tertiary/aromatic N) is 4. The first-order chi connectivity index (χ1) is 14.1. The standard InChI is InChI=1S/C22H31N5O3/c1-13-10-23-26(12-13)19-17(11-24-27(19)21(2,3)4)30-20(28)25-18-15-5-14-6-16(18)9-22(29,7-14)8-15/h10-12,14-16,18,29H,5-9H2,1-4H3,(H,25,28)/t14?,15-,16+,18?,22?. The average molecular weight is 414 g/mol. The third-order valence-electron chi connectivity index (χ3n) is 7.00. The fourth-order valence-electron chi connectivity index (χ4n) is 6.11. The van der Waals surface area contributed by atoms with Crippen molar-refractivity contribution >= 4 is 6.09 Å². The van der Waals surface area contributed by atoms with Gasteiger partial charge in [-0.15, -0.1) is 0 Å². The van der Waals surface area contributed by atoms with Gasteiger partial charge in [0.25, 0.3) is 0 Å². The molecule has 2 heterocycles. The van der Waals surface area contributed by atoms with Gasteiger partial charge in [-0.1, -0.05) is 0 Å². The molecule has 0 aliphatic heterocycles. The van der Waals surface area contributed by atoms with Crippen molar-refractivity contribution in [3.63, 3.8) is 0 Å². The largest absolute Gasteiger partial charge is 0.413 e. The summed E-state index contributed by atoms with van der Waals surface area (Å²) in [5.41, 5.74) is 0.195. The van der Waals surface area contributed by atoms with Crippen molar-refractivity contribution in [1.29, 1.82) is 0 Å². The topological polar surface area (TPSA) is 94.2 Å². The predicted molar refractivity (Wildman–Crippen MR) is 111 cm³/mol. The fourth-order valence-corrected chi connectivity index (χ4v) is 6.11. The normalized spacial score (nSPS) is 32.4. The van der Waals surface area contributed by atoms with Crippen LogP contribution in [-0.2, 0) is 5.54 Å². The number of aryl methyl sites for hydroxylation is 1. The molecule has 8 heteroatoms. The maximum atomic E-state index is 12.9. The lowest BCUT2D eigenvalue weighted by Crippen LogP contribution is -2.61. The highest BCUT2D eigenvalue weighted by atomic mass is 16.6. The molecule has 8 nitrogen and oxygen atoms in total. The Morgan fingerprint density at radius 1 is 1.20 bits per heavy atom. The average Bonchev–Trinajstić information content (AvgIpc) is 3.22. The van der Waals surface area contributed by atoms with Crippen LogP contribution < -0.4 is 10.1 Å². The fraction of sp³-hybridized carbons (Fsp3) is 0.682. The van der Waals surface area contributed by atoms with Crippen LogP contribution in [-0.4, -0.2) is 42.4 Å². The number of aliphatic hydroxyl groups is 1. The second kappa shape index (κ2) is 6.57. The molecule has 2 N–H and O–H groups in total. The van der Waals surface area contributed by atoms with E-state index in [-0.39, 0.29) is 11.6 Å². The second-order valence-corrected chi connectivity index (χ2v) is 10.6. The van der Waals surface area contributed by atoms with E-state index in [1.54, 1.807) is 17.1 Å². The number of ether oxygens (including phenoxy) is 1. The van der Waals surface area contributed by atoms with E-state index in [2.05, 4.69) is 15.5 Å². The molecule has 30 heavy (non-hydrogen) atoms. The molecule has 4 fully saturated rings.